The van der Waals surface area contributed by atoms with Gasteiger partial charge in [-0.3, -0.25) is 0 Å². The topological polar surface area (TPSA) is 12.0 Å². The monoisotopic (exact) mass is 125 g/mol. The van der Waals surface area contributed by atoms with E-state index in [0.29, 0.717) is 0 Å². The van der Waals surface area contributed by atoms with Crippen molar-refractivity contribution in [3.8, 4) is 0 Å². The average Bonchev–Trinajstić information content (AvgIpc) is 2.71. The molecule has 0 amide bonds. The van der Waals surface area contributed by atoms with E-state index < -0.39 is 0 Å². The predicted molar refractivity (Wildman–Crippen MR) is 38.3 cm³/mol. The number of hydrogen-bond acceptors (Lipinski definition) is 1. The van der Waals surface area contributed by atoms with Crippen LogP contribution in [0.25, 0.3) is 0 Å². The molecule has 0 aromatic heterocycles. The molecule has 2 fully saturated rings. The first-order chi connectivity index (χ1) is 4.47. The highest BCUT2D eigenvalue weighted by atomic mass is 14.9. The van der Waals surface area contributed by atoms with E-state index >= 15 is 0 Å². The Kier molecular flexibility index (Phi) is 1.46. The molecule has 0 aromatic carbocycles. The smallest absolute Gasteiger partial charge is 0.00462 e. The third-order valence-corrected chi connectivity index (χ3v) is 2.67. The molecule has 0 spiro atoms. The fourth-order valence-corrected chi connectivity index (χ4v) is 1.88. The van der Waals surface area contributed by atoms with Crippen molar-refractivity contribution < 1.29 is 0 Å². The van der Waals surface area contributed by atoms with E-state index in [1.807, 2.05) is 0 Å². The van der Waals surface area contributed by atoms with Crippen LogP contribution in [-0.4, -0.2) is 13.1 Å². The number of piperidine rings is 1. The Balaban J connectivity index is 1.80. The van der Waals surface area contributed by atoms with Crippen LogP contribution < -0.4 is 5.32 Å². The molecular weight excluding hydrogens is 110 g/mol. The molecule has 2 rings (SSSR count). The number of nitrogens with one attached hydrogen (secondary N) is 1. The number of hydrogen-bond donors (Lipinski definition) is 1. The van der Waals surface area contributed by atoms with Crippen molar-refractivity contribution in [2.75, 3.05) is 13.1 Å². The van der Waals surface area contributed by atoms with Gasteiger partial charge in [-0.25, -0.2) is 0 Å². The first kappa shape index (κ1) is 5.72. The zero-order chi connectivity index (χ0) is 6.10. The fraction of sp³-hybridized carbons (Fsp3) is 1.00. The van der Waals surface area contributed by atoms with Gasteiger partial charge < -0.3 is 5.32 Å². The summed E-state index contributed by atoms with van der Waals surface area (Å²) in [5, 5.41) is 3.40. The van der Waals surface area contributed by atoms with Gasteiger partial charge in [0.1, 0.15) is 0 Å². The van der Waals surface area contributed by atoms with Gasteiger partial charge in [-0.15, -0.1) is 0 Å². The molecular formula is C8H15N. The lowest BCUT2D eigenvalue weighted by Crippen LogP contribution is -2.28. The van der Waals surface area contributed by atoms with Gasteiger partial charge in [-0.2, -0.15) is 0 Å². The summed E-state index contributed by atoms with van der Waals surface area (Å²) in [6.45, 7) is 2.56. The second kappa shape index (κ2) is 2.30. The highest BCUT2D eigenvalue weighted by Crippen LogP contribution is 2.40. The van der Waals surface area contributed by atoms with Gasteiger partial charge in [0.25, 0.3) is 0 Å². The molecule has 1 aliphatic carbocycles. The van der Waals surface area contributed by atoms with Crippen LogP contribution in [-0.2, 0) is 0 Å². The SMILES string of the molecule is C1CC(C2CC2)CCN1. The predicted octanol–water partition coefficient (Wildman–Crippen LogP) is 1.40. The normalized spacial score (nSPS) is 30.7. The summed E-state index contributed by atoms with van der Waals surface area (Å²) in [6, 6.07) is 0. The summed E-state index contributed by atoms with van der Waals surface area (Å²) in [4.78, 5) is 0. The lowest BCUT2D eigenvalue weighted by molar-refractivity contribution is 0.337. The maximum absolute atomic E-state index is 3.40. The highest BCUT2D eigenvalue weighted by molar-refractivity contribution is 4.83. The zero-order valence-corrected chi connectivity index (χ0v) is 5.90. The fourth-order valence-electron chi connectivity index (χ4n) is 1.88. The molecule has 1 heteroatoms. The second-order valence-electron chi connectivity index (χ2n) is 3.42. The van der Waals surface area contributed by atoms with Crippen molar-refractivity contribution in [2.45, 2.75) is 25.7 Å². The molecule has 52 valence electrons. The van der Waals surface area contributed by atoms with Gasteiger partial charge in [-0.05, 0) is 50.6 Å². The van der Waals surface area contributed by atoms with Crippen molar-refractivity contribution in [1.82, 2.24) is 5.32 Å². The first-order valence-electron chi connectivity index (χ1n) is 4.17. The molecule has 0 bridgehead atoms. The van der Waals surface area contributed by atoms with Crippen LogP contribution in [0.5, 0.6) is 0 Å². The molecule has 1 nitrogen and oxygen atoms in total. The van der Waals surface area contributed by atoms with E-state index in [4.69, 9.17) is 0 Å². The first-order valence-corrected chi connectivity index (χ1v) is 4.17. The van der Waals surface area contributed by atoms with E-state index in [1.54, 1.807) is 0 Å². The van der Waals surface area contributed by atoms with Gasteiger partial charge >= 0.3 is 0 Å². The molecule has 1 aliphatic heterocycles. The molecule has 0 atom stereocenters. The molecule has 1 saturated heterocycles. The Morgan fingerprint density at radius 1 is 0.778 bits per heavy atom. The van der Waals surface area contributed by atoms with Crippen LogP contribution in [0.15, 0.2) is 0 Å². The Hall–Kier alpha value is -0.0400. The summed E-state index contributed by atoms with van der Waals surface area (Å²) >= 11 is 0. The minimum absolute atomic E-state index is 1.10. The third kappa shape index (κ3) is 1.26. The van der Waals surface area contributed by atoms with Crippen molar-refractivity contribution in [3.63, 3.8) is 0 Å². The van der Waals surface area contributed by atoms with Gasteiger partial charge in [-0.1, -0.05) is 0 Å². The standard InChI is InChI=1S/C8H15N/c1-2-7(1)8-3-5-9-6-4-8/h7-9H,1-6H2. The van der Waals surface area contributed by atoms with Crippen molar-refractivity contribution in [2.24, 2.45) is 11.8 Å². The minimum Gasteiger partial charge on any atom is -0.317 e. The van der Waals surface area contributed by atoms with Crippen molar-refractivity contribution >= 4 is 0 Å². The van der Waals surface area contributed by atoms with Gasteiger partial charge in [0.05, 0.1) is 0 Å². The highest BCUT2D eigenvalue weighted by Gasteiger charge is 2.31. The zero-order valence-electron chi connectivity index (χ0n) is 5.90. The lowest BCUT2D eigenvalue weighted by atomic mass is 9.93. The van der Waals surface area contributed by atoms with E-state index in [1.165, 1.54) is 38.8 Å². The van der Waals surface area contributed by atoms with Crippen LogP contribution in [0.2, 0.25) is 0 Å². The van der Waals surface area contributed by atoms with E-state index in [-0.39, 0.29) is 0 Å². The van der Waals surface area contributed by atoms with Gasteiger partial charge in [0.15, 0.2) is 0 Å². The molecule has 0 radical (unpaired) electrons. The molecule has 0 unspecified atom stereocenters. The van der Waals surface area contributed by atoms with Crippen LogP contribution in [0, 0.1) is 11.8 Å². The van der Waals surface area contributed by atoms with Gasteiger partial charge in [0, 0.05) is 0 Å². The quantitative estimate of drug-likeness (QED) is 0.558. The summed E-state index contributed by atoms with van der Waals surface area (Å²) in [5.41, 5.74) is 0. The molecule has 2 aliphatic rings. The molecule has 9 heavy (non-hydrogen) atoms. The van der Waals surface area contributed by atoms with Crippen molar-refractivity contribution in [3.05, 3.63) is 0 Å². The Labute approximate surface area is 56.8 Å². The Morgan fingerprint density at radius 3 is 1.89 bits per heavy atom. The molecule has 1 saturated carbocycles. The van der Waals surface area contributed by atoms with E-state index in [0.717, 1.165) is 11.8 Å². The van der Waals surface area contributed by atoms with E-state index in [9.17, 15) is 0 Å². The Bertz CT molecular complexity index is 90.7. The van der Waals surface area contributed by atoms with Crippen molar-refractivity contribution in [1.29, 1.82) is 0 Å². The summed E-state index contributed by atoms with van der Waals surface area (Å²) in [6.07, 6.45) is 5.96. The van der Waals surface area contributed by atoms with Crippen LogP contribution >= 0.6 is 0 Å². The summed E-state index contributed by atoms with van der Waals surface area (Å²) in [5.74, 6) is 2.25. The van der Waals surface area contributed by atoms with Crippen LogP contribution in [0.4, 0.5) is 0 Å². The van der Waals surface area contributed by atoms with E-state index in [2.05, 4.69) is 5.32 Å². The van der Waals surface area contributed by atoms with Gasteiger partial charge in [0.2, 0.25) is 0 Å². The lowest BCUT2D eigenvalue weighted by Gasteiger charge is -2.21. The van der Waals surface area contributed by atoms with Crippen LogP contribution in [0.1, 0.15) is 25.7 Å². The molecule has 1 N–H and O–H groups in total. The summed E-state index contributed by atoms with van der Waals surface area (Å²) in [7, 11) is 0. The molecule has 1 heterocycles. The van der Waals surface area contributed by atoms with Crippen LogP contribution in [0.3, 0.4) is 0 Å². The largest absolute Gasteiger partial charge is 0.317 e. The maximum atomic E-state index is 3.40. The maximum Gasteiger partial charge on any atom is -0.00462 e. The second-order valence-corrected chi connectivity index (χ2v) is 3.42. The summed E-state index contributed by atoms with van der Waals surface area (Å²) < 4.78 is 0. The average molecular weight is 125 g/mol. The molecule has 0 aromatic rings. The Morgan fingerprint density at radius 2 is 1.33 bits per heavy atom. The third-order valence-electron chi connectivity index (χ3n) is 2.67. The number of rotatable bonds is 1. The minimum atomic E-state index is 1.10.